The Morgan fingerprint density at radius 3 is 2.28 bits per heavy atom. The molecule has 0 bridgehead atoms. The van der Waals surface area contributed by atoms with Crippen molar-refractivity contribution in [2.24, 2.45) is 0 Å². The third-order valence-electron chi connectivity index (χ3n) is 4.91. The van der Waals surface area contributed by atoms with E-state index in [-0.39, 0.29) is 10.5 Å². The van der Waals surface area contributed by atoms with E-state index in [0.29, 0.717) is 39.4 Å². The Hall–Kier alpha value is -2.60. The van der Waals surface area contributed by atoms with E-state index >= 15 is 0 Å². The van der Waals surface area contributed by atoms with Gasteiger partial charge in [-0.05, 0) is 43.3 Å². The van der Waals surface area contributed by atoms with E-state index in [1.165, 1.54) is 21.3 Å². The van der Waals surface area contributed by atoms with Crippen LogP contribution in [0.3, 0.4) is 0 Å². The van der Waals surface area contributed by atoms with Gasteiger partial charge >= 0.3 is 0 Å². The molecule has 1 fully saturated rings. The number of sulfonamides is 1. The lowest BCUT2D eigenvalue weighted by Crippen LogP contribution is -3.15. The average Bonchev–Trinajstić information content (AvgIpc) is 2.75. The second-order valence-electron chi connectivity index (χ2n) is 6.76. The molecular formula is C21H26N3O4S+. The fourth-order valence-corrected chi connectivity index (χ4v) is 4.91. The molecule has 0 saturated carbocycles. The maximum atomic E-state index is 12.9. The van der Waals surface area contributed by atoms with E-state index < -0.39 is 10.0 Å². The van der Waals surface area contributed by atoms with Gasteiger partial charge < -0.3 is 14.4 Å². The molecule has 1 heterocycles. The van der Waals surface area contributed by atoms with Crippen LogP contribution < -0.4 is 14.4 Å². The van der Waals surface area contributed by atoms with Gasteiger partial charge in [0.2, 0.25) is 10.0 Å². The number of ether oxygens (including phenoxy) is 2. The molecule has 154 valence electrons. The number of hydrogen-bond acceptors (Lipinski definition) is 5. The Kier molecular flexibility index (Phi) is 7.09. The van der Waals surface area contributed by atoms with E-state index in [1.54, 1.807) is 12.1 Å². The summed E-state index contributed by atoms with van der Waals surface area (Å²) in [5.74, 6) is 1.61. The van der Waals surface area contributed by atoms with Gasteiger partial charge in [0.15, 0.2) is 0 Å². The van der Waals surface area contributed by atoms with Gasteiger partial charge in [0.25, 0.3) is 0 Å². The van der Waals surface area contributed by atoms with Crippen molar-refractivity contribution in [3.05, 3.63) is 54.1 Å². The molecule has 0 atom stereocenters. The Balaban J connectivity index is 1.48. The molecule has 0 amide bonds. The smallest absolute Gasteiger partial charge is 0.244 e. The topological polar surface area (TPSA) is 84.1 Å². The maximum absolute atomic E-state index is 12.9. The zero-order chi connectivity index (χ0) is 20.7. The van der Waals surface area contributed by atoms with Crippen molar-refractivity contribution < 1.29 is 22.8 Å². The molecule has 2 aromatic carbocycles. The van der Waals surface area contributed by atoms with Gasteiger partial charge in [0.1, 0.15) is 30.7 Å². The highest BCUT2D eigenvalue weighted by Gasteiger charge is 2.31. The monoisotopic (exact) mass is 416 g/mol. The lowest BCUT2D eigenvalue weighted by molar-refractivity contribution is -0.903. The van der Waals surface area contributed by atoms with Crippen LogP contribution in [0.4, 0.5) is 0 Å². The normalized spacial score (nSPS) is 15.6. The van der Waals surface area contributed by atoms with Crippen LogP contribution in [-0.4, -0.2) is 58.7 Å². The molecule has 0 aromatic heterocycles. The van der Waals surface area contributed by atoms with Crippen LogP contribution in [0.2, 0.25) is 0 Å². The minimum Gasteiger partial charge on any atom is -0.494 e. The zero-order valence-electron chi connectivity index (χ0n) is 16.5. The quantitative estimate of drug-likeness (QED) is 0.692. The van der Waals surface area contributed by atoms with Crippen molar-refractivity contribution in [2.45, 2.75) is 11.8 Å². The highest BCUT2D eigenvalue weighted by Crippen LogP contribution is 2.20. The van der Waals surface area contributed by atoms with Gasteiger partial charge in [-0.3, -0.25) is 0 Å². The lowest BCUT2D eigenvalue weighted by atomic mass is 10.2. The maximum Gasteiger partial charge on any atom is 0.244 e. The number of nitrogens with one attached hydrogen (secondary N) is 1. The van der Waals surface area contributed by atoms with E-state index in [4.69, 9.17) is 9.47 Å². The summed E-state index contributed by atoms with van der Waals surface area (Å²) in [5, 5.41) is 9.20. The minimum atomic E-state index is -3.65. The summed E-state index contributed by atoms with van der Waals surface area (Å²) in [6.07, 6.45) is 0. The molecule has 0 aliphatic carbocycles. The first-order valence-corrected chi connectivity index (χ1v) is 11.2. The molecule has 0 radical (unpaired) electrons. The molecule has 7 nitrogen and oxygen atoms in total. The minimum absolute atomic E-state index is 0.0878. The summed E-state index contributed by atoms with van der Waals surface area (Å²) < 4.78 is 38.4. The molecule has 0 spiro atoms. The van der Waals surface area contributed by atoms with Gasteiger partial charge in [-0.15, -0.1) is 0 Å². The second-order valence-corrected chi connectivity index (χ2v) is 8.67. The predicted molar refractivity (Wildman–Crippen MR) is 109 cm³/mol. The molecule has 0 unspecified atom stereocenters. The number of quaternary nitrogens is 1. The highest BCUT2D eigenvalue weighted by molar-refractivity contribution is 7.89. The first-order valence-electron chi connectivity index (χ1n) is 9.73. The fraction of sp³-hybridized carbons (Fsp3) is 0.381. The van der Waals surface area contributed by atoms with Crippen molar-refractivity contribution in [1.82, 2.24) is 4.31 Å². The highest BCUT2D eigenvalue weighted by atomic mass is 32.2. The summed E-state index contributed by atoms with van der Waals surface area (Å²) >= 11 is 0. The van der Waals surface area contributed by atoms with Crippen molar-refractivity contribution in [3.63, 3.8) is 0 Å². The van der Waals surface area contributed by atoms with Crippen LogP contribution >= 0.6 is 0 Å². The molecule has 8 heteroatoms. The molecule has 29 heavy (non-hydrogen) atoms. The average molecular weight is 417 g/mol. The summed E-state index contributed by atoms with van der Waals surface area (Å²) in [4.78, 5) is 1.39. The molecule has 1 aliphatic rings. The number of piperazine rings is 1. The molecule has 1 saturated heterocycles. The van der Waals surface area contributed by atoms with Crippen LogP contribution in [0.15, 0.2) is 53.4 Å². The Labute approximate surface area is 172 Å². The first-order chi connectivity index (χ1) is 14.0. The van der Waals surface area contributed by atoms with Gasteiger partial charge in [-0.2, -0.15) is 9.57 Å². The molecular weight excluding hydrogens is 390 g/mol. The van der Waals surface area contributed by atoms with Crippen LogP contribution in [0.25, 0.3) is 0 Å². The summed E-state index contributed by atoms with van der Waals surface area (Å²) in [7, 11) is -3.65. The summed E-state index contributed by atoms with van der Waals surface area (Å²) in [6.45, 7) is 6.22. The summed E-state index contributed by atoms with van der Waals surface area (Å²) in [6, 6.07) is 15.9. The number of rotatable bonds is 8. The standard InChI is InChI=1S/C21H25N3O4S/c1-2-27-19-7-9-20(10-8-19)28-16-15-23-11-13-24(14-12-23)29(25,26)21-6-4-3-5-18(21)17-22/h3-10H,2,11-16H2,1H3/p+1. The number of nitriles is 1. The Morgan fingerprint density at radius 2 is 1.66 bits per heavy atom. The SMILES string of the molecule is CCOc1ccc(OCC[NH+]2CCN(S(=O)(=O)c3ccccc3C#N)CC2)cc1. The van der Waals surface area contributed by atoms with E-state index in [0.717, 1.165) is 18.0 Å². The number of nitrogens with zero attached hydrogens (tertiary/aromatic N) is 2. The number of hydrogen-bond donors (Lipinski definition) is 1. The molecule has 1 N–H and O–H groups in total. The van der Waals surface area contributed by atoms with Crippen LogP contribution in [0.5, 0.6) is 11.5 Å². The van der Waals surface area contributed by atoms with Crippen molar-refractivity contribution in [3.8, 4) is 17.6 Å². The van der Waals surface area contributed by atoms with Crippen LogP contribution in [0.1, 0.15) is 12.5 Å². The van der Waals surface area contributed by atoms with Gasteiger partial charge in [-0.25, -0.2) is 8.42 Å². The third-order valence-corrected chi connectivity index (χ3v) is 6.87. The Bertz CT molecular complexity index is 947. The van der Waals surface area contributed by atoms with E-state index in [9.17, 15) is 13.7 Å². The van der Waals surface area contributed by atoms with E-state index in [2.05, 4.69) is 0 Å². The van der Waals surface area contributed by atoms with Crippen LogP contribution in [0, 0.1) is 11.3 Å². The van der Waals surface area contributed by atoms with Gasteiger partial charge in [-0.1, -0.05) is 12.1 Å². The van der Waals surface area contributed by atoms with Crippen molar-refractivity contribution in [1.29, 1.82) is 5.26 Å². The van der Waals surface area contributed by atoms with E-state index in [1.807, 2.05) is 37.3 Å². The zero-order valence-corrected chi connectivity index (χ0v) is 17.3. The fourth-order valence-electron chi connectivity index (χ4n) is 3.33. The largest absolute Gasteiger partial charge is 0.494 e. The summed E-state index contributed by atoms with van der Waals surface area (Å²) in [5.41, 5.74) is 0.186. The Morgan fingerprint density at radius 1 is 1.03 bits per heavy atom. The van der Waals surface area contributed by atoms with Crippen LogP contribution in [-0.2, 0) is 10.0 Å². The second kappa shape index (κ2) is 9.74. The lowest BCUT2D eigenvalue weighted by Gasteiger charge is -2.31. The van der Waals surface area contributed by atoms with Crippen molar-refractivity contribution >= 4 is 10.0 Å². The number of benzene rings is 2. The van der Waals surface area contributed by atoms with Gasteiger partial charge in [0.05, 0.1) is 43.2 Å². The third kappa shape index (κ3) is 5.26. The first kappa shape index (κ1) is 21.1. The van der Waals surface area contributed by atoms with Crippen molar-refractivity contribution in [2.75, 3.05) is 45.9 Å². The molecule has 2 aromatic rings. The molecule has 3 rings (SSSR count). The van der Waals surface area contributed by atoms with Gasteiger partial charge in [0, 0.05) is 0 Å². The molecule has 1 aliphatic heterocycles. The predicted octanol–water partition coefficient (Wildman–Crippen LogP) is 0.925.